The maximum Gasteiger partial charge on any atom is 0.123 e. The van der Waals surface area contributed by atoms with Gasteiger partial charge in [-0.15, -0.1) is 0 Å². The molecular weight excluding hydrogens is 434 g/mol. The molecule has 0 saturated carbocycles. The van der Waals surface area contributed by atoms with E-state index in [1.54, 1.807) is 7.11 Å². The minimum absolute atomic E-state index is 0.821. The van der Waals surface area contributed by atoms with E-state index in [0.29, 0.717) is 0 Å². The van der Waals surface area contributed by atoms with Crippen LogP contribution >= 0.6 is 15.9 Å². The molecule has 0 aliphatic carbocycles. The van der Waals surface area contributed by atoms with Crippen LogP contribution in [-0.4, -0.2) is 13.7 Å². The number of hydrogen-bond donors (Lipinski definition) is 1. The standard InChI is InChI=1S/C27H30BrNO/c1-5-14-29-18-23-15-19(2)22(17-27(23)30-4)16-26(28)25-13-9-12-24(20(25)3)21-10-7-6-8-11-21/h6-13,15-17,29H,5,14,18H2,1-4H3/b26-16-. The SMILES string of the molecule is CCCNCc1cc(C)c(/C=C(\Br)c2cccc(-c3ccccc3)c2C)cc1OC. The fraction of sp³-hybridized carbons (Fsp3) is 0.259. The fourth-order valence-corrected chi connectivity index (χ4v) is 4.36. The molecule has 0 fully saturated rings. The van der Waals surface area contributed by atoms with Crippen LogP contribution in [0.2, 0.25) is 0 Å². The van der Waals surface area contributed by atoms with E-state index in [-0.39, 0.29) is 0 Å². The van der Waals surface area contributed by atoms with Crippen LogP contribution < -0.4 is 10.1 Å². The lowest BCUT2D eigenvalue weighted by Gasteiger charge is -2.14. The van der Waals surface area contributed by atoms with E-state index in [2.05, 4.69) is 109 Å². The van der Waals surface area contributed by atoms with Crippen LogP contribution in [0.3, 0.4) is 0 Å². The normalized spacial score (nSPS) is 11.6. The zero-order valence-electron chi connectivity index (χ0n) is 18.3. The smallest absolute Gasteiger partial charge is 0.123 e. The van der Waals surface area contributed by atoms with E-state index >= 15 is 0 Å². The Morgan fingerprint density at radius 3 is 2.50 bits per heavy atom. The predicted octanol–water partition coefficient (Wildman–Crippen LogP) is 7.37. The zero-order chi connectivity index (χ0) is 21.5. The van der Waals surface area contributed by atoms with Crippen molar-refractivity contribution < 1.29 is 4.74 Å². The molecule has 2 nitrogen and oxygen atoms in total. The van der Waals surface area contributed by atoms with Crippen molar-refractivity contribution in [3.8, 4) is 16.9 Å². The van der Waals surface area contributed by atoms with E-state index in [0.717, 1.165) is 35.3 Å². The summed E-state index contributed by atoms with van der Waals surface area (Å²) in [5.41, 5.74) is 8.53. The molecule has 3 rings (SSSR count). The number of benzene rings is 3. The second-order valence-electron chi connectivity index (χ2n) is 7.53. The van der Waals surface area contributed by atoms with Crippen LogP contribution in [0.25, 0.3) is 21.7 Å². The van der Waals surface area contributed by atoms with Crippen LogP contribution in [0.1, 0.15) is 41.2 Å². The summed E-state index contributed by atoms with van der Waals surface area (Å²) in [6.45, 7) is 8.34. The van der Waals surface area contributed by atoms with Gasteiger partial charge in [0.25, 0.3) is 0 Å². The molecule has 30 heavy (non-hydrogen) atoms. The highest BCUT2D eigenvalue weighted by molar-refractivity contribution is 9.15. The van der Waals surface area contributed by atoms with Crippen molar-refractivity contribution in [1.82, 2.24) is 5.32 Å². The van der Waals surface area contributed by atoms with Gasteiger partial charge in [-0.25, -0.2) is 0 Å². The molecule has 0 aliphatic rings. The first kappa shape index (κ1) is 22.3. The average Bonchev–Trinajstić information content (AvgIpc) is 2.76. The Labute approximate surface area is 189 Å². The third-order valence-electron chi connectivity index (χ3n) is 5.37. The summed E-state index contributed by atoms with van der Waals surface area (Å²) in [5.74, 6) is 0.922. The fourth-order valence-electron chi connectivity index (χ4n) is 3.69. The molecule has 0 radical (unpaired) electrons. The number of rotatable bonds is 8. The Balaban J connectivity index is 1.96. The van der Waals surface area contributed by atoms with Gasteiger partial charge >= 0.3 is 0 Å². The van der Waals surface area contributed by atoms with E-state index in [9.17, 15) is 0 Å². The Kier molecular flexibility index (Phi) is 7.89. The maximum atomic E-state index is 5.68. The van der Waals surface area contributed by atoms with Gasteiger partial charge < -0.3 is 10.1 Å². The molecule has 0 unspecified atom stereocenters. The molecule has 1 N–H and O–H groups in total. The monoisotopic (exact) mass is 463 g/mol. The van der Waals surface area contributed by atoms with E-state index in [1.165, 1.54) is 33.4 Å². The zero-order valence-corrected chi connectivity index (χ0v) is 19.8. The molecule has 0 aliphatic heterocycles. The Bertz CT molecular complexity index is 1020. The molecule has 3 aromatic carbocycles. The summed E-state index contributed by atoms with van der Waals surface area (Å²) in [5, 5.41) is 3.46. The predicted molar refractivity (Wildman–Crippen MR) is 133 cm³/mol. The number of ether oxygens (including phenoxy) is 1. The van der Waals surface area contributed by atoms with Gasteiger partial charge in [0.15, 0.2) is 0 Å². The van der Waals surface area contributed by atoms with Gasteiger partial charge in [0.1, 0.15) is 5.75 Å². The molecule has 0 spiro atoms. The third-order valence-corrected chi connectivity index (χ3v) is 6.03. The van der Waals surface area contributed by atoms with Gasteiger partial charge in [0.2, 0.25) is 0 Å². The molecule has 3 aromatic rings. The number of hydrogen-bond acceptors (Lipinski definition) is 2. The number of methoxy groups -OCH3 is 1. The highest BCUT2D eigenvalue weighted by Crippen LogP contribution is 2.34. The second-order valence-corrected chi connectivity index (χ2v) is 8.39. The maximum absolute atomic E-state index is 5.68. The Morgan fingerprint density at radius 1 is 1.03 bits per heavy atom. The Hall–Kier alpha value is -2.36. The van der Waals surface area contributed by atoms with Crippen LogP contribution in [-0.2, 0) is 6.54 Å². The van der Waals surface area contributed by atoms with Gasteiger partial charge in [0.05, 0.1) is 7.11 Å². The largest absolute Gasteiger partial charge is 0.496 e. The van der Waals surface area contributed by atoms with Crippen LogP contribution in [0.5, 0.6) is 5.75 Å². The lowest BCUT2D eigenvalue weighted by Crippen LogP contribution is -2.14. The van der Waals surface area contributed by atoms with Gasteiger partial charge in [0, 0.05) is 16.6 Å². The third kappa shape index (κ3) is 5.21. The number of nitrogens with one attached hydrogen (secondary N) is 1. The van der Waals surface area contributed by atoms with Gasteiger partial charge in [-0.1, -0.05) is 77.5 Å². The van der Waals surface area contributed by atoms with Gasteiger partial charge in [-0.05, 0) is 72.3 Å². The summed E-state index contributed by atoms with van der Waals surface area (Å²) in [6.07, 6.45) is 3.31. The van der Waals surface area contributed by atoms with Crippen LogP contribution in [0.4, 0.5) is 0 Å². The first-order valence-electron chi connectivity index (χ1n) is 10.5. The topological polar surface area (TPSA) is 21.3 Å². The minimum atomic E-state index is 0.821. The highest BCUT2D eigenvalue weighted by Gasteiger charge is 2.11. The lowest BCUT2D eigenvalue weighted by molar-refractivity contribution is 0.407. The summed E-state index contributed by atoms with van der Waals surface area (Å²) in [4.78, 5) is 0. The van der Waals surface area contributed by atoms with Crippen molar-refractivity contribution >= 4 is 26.5 Å². The molecule has 0 saturated heterocycles. The first-order chi connectivity index (χ1) is 14.5. The molecule has 0 atom stereocenters. The summed E-state index contributed by atoms with van der Waals surface area (Å²) >= 11 is 3.84. The average molecular weight is 464 g/mol. The summed E-state index contributed by atoms with van der Waals surface area (Å²) in [6, 6.07) is 21.4. The van der Waals surface area contributed by atoms with Crippen molar-refractivity contribution in [2.24, 2.45) is 0 Å². The van der Waals surface area contributed by atoms with Gasteiger partial charge in [-0.2, -0.15) is 0 Å². The summed E-state index contributed by atoms with van der Waals surface area (Å²) < 4.78 is 6.74. The Morgan fingerprint density at radius 2 is 1.80 bits per heavy atom. The molecule has 3 heteroatoms. The number of aryl methyl sites for hydroxylation is 1. The van der Waals surface area contributed by atoms with Crippen molar-refractivity contribution in [3.63, 3.8) is 0 Å². The van der Waals surface area contributed by atoms with Crippen LogP contribution in [0, 0.1) is 13.8 Å². The van der Waals surface area contributed by atoms with Crippen molar-refractivity contribution in [3.05, 3.63) is 88.5 Å². The van der Waals surface area contributed by atoms with E-state index in [1.807, 2.05) is 0 Å². The highest BCUT2D eigenvalue weighted by atomic mass is 79.9. The second kappa shape index (κ2) is 10.6. The quantitative estimate of drug-likeness (QED) is 0.278. The van der Waals surface area contributed by atoms with Crippen molar-refractivity contribution in [2.45, 2.75) is 33.7 Å². The van der Waals surface area contributed by atoms with Crippen molar-refractivity contribution in [2.75, 3.05) is 13.7 Å². The molecular formula is C27H30BrNO. The van der Waals surface area contributed by atoms with E-state index in [4.69, 9.17) is 4.74 Å². The van der Waals surface area contributed by atoms with Crippen molar-refractivity contribution in [1.29, 1.82) is 0 Å². The van der Waals surface area contributed by atoms with Gasteiger partial charge in [-0.3, -0.25) is 0 Å². The van der Waals surface area contributed by atoms with E-state index < -0.39 is 0 Å². The molecule has 0 aromatic heterocycles. The molecule has 0 amide bonds. The lowest BCUT2D eigenvalue weighted by atomic mass is 9.95. The molecule has 0 bridgehead atoms. The molecule has 0 heterocycles. The number of halogens is 1. The first-order valence-corrected chi connectivity index (χ1v) is 11.2. The van der Waals surface area contributed by atoms with Crippen LogP contribution in [0.15, 0.2) is 60.7 Å². The minimum Gasteiger partial charge on any atom is -0.496 e. The molecule has 156 valence electrons. The summed E-state index contributed by atoms with van der Waals surface area (Å²) in [7, 11) is 1.74.